The molecule has 1 unspecified atom stereocenters. The number of rotatable bonds is 8. The van der Waals surface area contributed by atoms with Crippen molar-refractivity contribution in [2.45, 2.75) is 20.3 Å². The first-order valence-corrected chi connectivity index (χ1v) is 10.0. The van der Waals surface area contributed by atoms with Gasteiger partial charge in [-0.1, -0.05) is 6.92 Å². The Morgan fingerprint density at radius 1 is 1.48 bits per heavy atom. The number of nitrogens with one attached hydrogen (secondary N) is 2. The van der Waals surface area contributed by atoms with Gasteiger partial charge in [-0.3, -0.25) is 9.59 Å². The fourth-order valence-corrected chi connectivity index (χ4v) is 2.81. The minimum atomic E-state index is -0.389. The van der Waals surface area contributed by atoms with E-state index in [1.165, 1.54) is 30.8 Å². The van der Waals surface area contributed by atoms with Gasteiger partial charge in [0.25, 0.3) is 5.91 Å². The molecule has 1 aliphatic rings. The van der Waals surface area contributed by atoms with E-state index >= 15 is 0 Å². The van der Waals surface area contributed by atoms with Crippen LogP contribution in [0.25, 0.3) is 6.08 Å². The van der Waals surface area contributed by atoms with E-state index in [0.717, 1.165) is 13.0 Å². The van der Waals surface area contributed by atoms with Gasteiger partial charge >= 0.3 is 0 Å². The number of carbonyl (C=O) groups is 2. The van der Waals surface area contributed by atoms with Crippen LogP contribution in [0.4, 0.5) is 5.69 Å². The Bertz CT molecular complexity index is 834. The summed E-state index contributed by atoms with van der Waals surface area (Å²) in [5.41, 5.74) is 1.85. The first-order chi connectivity index (χ1) is 14.8. The van der Waals surface area contributed by atoms with Crippen molar-refractivity contribution >= 4 is 23.6 Å². The number of likely N-dealkylation sites (N-methyl/N-ethyl adjacent to an activating group) is 2. The van der Waals surface area contributed by atoms with Gasteiger partial charge in [0.1, 0.15) is 11.6 Å². The van der Waals surface area contributed by atoms with Crippen LogP contribution in [-0.4, -0.2) is 67.3 Å². The summed E-state index contributed by atoms with van der Waals surface area (Å²) in [6.45, 7) is 6.23. The van der Waals surface area contributed by atoms with Crippen molar-refractivity contribution in [1.82, 2.24) is 15.5 Å². The number of hydrogen-bond acceptors (Lipinski definition) is 7. The second kappa shape index (κ2) is 13.2. The molecule has 10 nitrogen and oxygen atoms in total. The van der Waals surface area contributed by atoms with Gasteiger partial charge in [0.2, 0.25) is 17.3 Å². The maximum absolute atomic E-state index is 12.4. The minimum Gasteiger partial charge on any atom is -0.504 e. The molecular weight excluding hydrogens is 402 g/mol. The van der Waals surface area contributed by atoms with E-state index in [2.05, 4.69) is 10.6 Å². The lowest BCUT2D eigenvalue weighted by molar-refractivity contribution is -0.830. The highest BCUT2D eigenvalue weighted by Gasteiger charge is 2.19. The summed E-state index contributed by atoms with van der Waals surface area (Å²) in [4.78, 5) is 29.3. The molecule has 0 spiro atoms. The number of nitrogens with two attached hydrogens (primary N) is 1. The fourth-order valence-electron chi connectivity index (χ4n) is 2.81. The lowest BCUT2D eigenvalue weighted by Crippen LogP contribution is -2.75. The average molecular weight is 435 g/mol. The molecule has 0 saturated carbocycles. The van der Waals surface area contributed by atoms with Crippen molar-refractivity contribution in [2.24, 2.45) is 5.92 Å². The molecule has 1 fully saturated rings. The van der Waals surface area contributed by atoms with Gasteiger partial charge in [0.05, 0.1) is 7.11 Å². The molecule has 1 aromatic carbocycles. The van der Waals surface area contributed by atoms with Gasteiger partial charge in [-0.15, -0.1) is 0 Å². The maximum Gasteiger partial charge on any atom is 0.264 e. The molecule has 0 radical (unpaired) electrons. The highest BCUT2D eigenvalue weighted by atomic mass is 16.6. The third-order valence-corrected chi connectivity index (χ3v) is 4.67. The van der Waals surface area contributed by atoms with E-state index < -0.39 is 0 Å². The Kier molecular flexibility index (Phi) is 11.1. The number of nitriles is 1. The number of benzene rings is 1. The number of hydrogen-bond donors (Lipinski definition) is 5. The Morgan fingerprint density at radius 2 is 2.19 bits per heavy atom. The third kappa shape index (κ3) is 7.90. The van der Waals surface area contributed by atoms with Crippen LogP contribution in [0.3, 0.4) is 0 Å². The van der Waals surface area contributed by atoms with Crippen LogP contribution in [0.15, 0.2) is 17.7 Å². The zero-order valence-electron chi connectivity index (χ0n) is 18.4. The van der Waals surface area contributed by atoms with E-state index in [0.29, 0.717) is 25.2 Å². The molecule has 170 valence electrons. The van der Waals surface area contributed by atoms with Crippen LogP contribution in [0, 0.1) is 17.2 Å². The zero-order chi connectivity index (χ0) is 23.4. The number of carbonyl (C=O) groups excluding carboxylic acids is 2. The quantitative estimate of drug-likeness (QED) is 0.127. The maximum atomic E-state index is 12.4. The molecule has 1 atom stereocenters. The van der Waals surface area contributed by atoms with E-state index in [9.17, 15) is 25.1 Å². The van der Waals surface area contributed by atoms with E-state index in [1.807, 2.05) is 19.9 Å². The smallest absolute Gasteiger partial charge is 0.264 e. The van der Waals surface area contributed by atoms with E-state index in [-0.39, 0.29) is 40.5 Å². The van der Waals surface area contributed by atoms with Crippen LogP contribution in [-0.2, 0) is 14.4 Å². The zero-order valence-corrected chi connectivity index (χ0v) is 18.4. The Balaban J connectivity index is 0.000000577. The highest BCUT2D eigenvalue weighted by molar-refractivity contribution is 6.01. The van der Waals surface area contributed by atoms with Gasteiger partial charge in [-0.2, -0.15) is 10.7 Å². The summed E-state index contributed by atoms with van der Waals surface area (Å²) in [5.74, 6) is -0.609. The van der Waals surface area contributed by atoms with Gasteiger partial charge in [-0.25, -0.2) is 4.84 Å². The summed E-state index contributed by atoms with van der Waals surface area (Å²) >= 11 is 0. The van der Waals surface area contributed by atoms with Crippen molar-refractivity contribution in [2.75, 3.05) is 40.3 Å². The number of phenols is 2. The monoisotopic (exact) mass is 434 g/mol. The third-order valence-electron chi connectivity index (χ3n) is 4.67. The van der Waals surface area contributed by atoms with Crippen LogP contribution < -0.4 is 16.1 Å². The Morgan fingerprint density at radius 3 is 2.65 bits per heavy atom. The van der Waals surface area contributed by atoms with Crippen LogP contribution >= 0.6 is 0 Å². The van der Waals surface area contributed by atoms with Gasteiger partial charge in [0.15, 0.2) is 5.75 Å². The number of quaternary nitrogens is 1. The standard InChI is InChI=1S/C16H22N4O4.C5H9NO/c1-4-20(6-5-18-2)16(23)12(10-17)7-11-8-13(19-24-3)15(22)14(21)9-11;1-4-2-3-6-5(4)7/h7-9,18-19,21-22H,4-6H2,1-3H3;4H,2-3H2,1H3,(H,6,7)/p+1/b12-7+;. The minimum absolute atomic E-state index is 0.0543. The van der Waals surface area contributed by atoms with Crippen molar-refractivity contribution in [1.29, 1.82) is 5.26 Å². The van der Waals surface area contributed by atoms with Crippen molar-refractivity contribution in [3.05, 3.63) is 23.3 Å². The summed E-state index contributed by atoms with van der Waals surface area (Å²) in [7, 11) is 3.19. The molecule has 2 rings (SSSR count). The first kappa shape index (κ1) is 25.9. The van der Waals surface area contributed by atoms with Crippen molar-refractivity contribution < 1.29 is 30.1 Å². The predicted octanol–water partition coefficient (Wildman–Crippen LogP) is -0.0286. The number of phenolic OH excluding ortho intramolecular Hbond substituents is 2. The molecule has 0 aliphatic carbocycles. The van der Waals surface area contributed by atoms with Gasteiger partial charge in [-0.05, 0) is 38.1 Å². The number of nitrogens with zero attached hydrogens (tertiary/aromatic N) is 2. The summed E-state index contributed by atoms with van der Waals surface area (Å²) in [6, 6.07) is 4.67. The molecule has 31 heavy (non-hydrogen) atoms. The van der Waals surface area contributed by atoms with Crippen LogP contribution in [0.1, 0.15) is 25.8 Å². The lowest BCUT2D eigenvalue weighted by atomic mass is 10.1. The van der Waals surface area contributed by atoms with E-state index in [4.69, 9.17) is 4.84 Å². The second-order valence-corrected chi connectivity index (χ2v) is 6.97. The molecule has 0 bridgehead atoms. The van der Waals surface area contributed by atoms with Gasteiger partial charge < -0.3 is 25.7 Å². The molecular formula is C21H32N5O5+. The molecule has 1 aliphatic heterocycles. The topological polar surface area (TPSA) is 152 Å². The largest absolute Gasteiger partial charge is 0.504 e. The normalized spacial score (nSPS) is 15.5. The molecule has 0 aromatic heterocycles. The first-order valence-electron chi connectivity index (χ1n) is 10.0. The lowest BCUT2D eigenvalue weighted by Gasteiger charge is -2.20. The number of aromatic hydroxyl groups is 2. The molecule has 2 amide bonds. The molecule has 1 saturated heterocycles. The summed E-state index contributed by atoms with van der Waals surface area (Å²) in [5, 5.41) is 34.5. The van der Waals surface area contributed by atoms with Crippen LogP contribution in [0.5, 0.6) is 11.5 Å². The highest BCUT2D eigenvalue weighted by Crippen LogP contribution is 2.32. The summed E-state index contributed by atoms with van der Waals surface area (Å²) in [6.07, 6.45) is 2.38. The van der Waals surface area contributed by atoms with Crippen molar-refractivity contribution in [3.8, 4) is 17.6 Å². The number of amides is 2. The Hall–Kier alpha value is -3.13. The molecule has 1 heterocycles. The molecule has 1 aromatic rings. The van der Waals surface area contributed by atoms with E-state index in [1.54, 1.807) is 11.9 Å². The van der Waals surface area contributed by atoms with Crippen molar-refractivity contribution in [3.63, 3.8) is 0 Å². The van der Waals surface area contributed by atoms with Crippen LogP contribution in [0.2, 0.25) is 0 Å². The average Bonchev–Trinajstić information content (AvgIpc) is 3.13. The summed E-state index contributed by atoms with van der Waals surface area (Å²) < 4.78 is 0. The predicted molar refractivity (Wildman–Crippen MR) is 115 cm³/mol. The van der Waals surface area contributed by atoms with Gasteiger partial charge in [0, 0.05) is 38.2 Å². The Labute approximate surface area is 182 Å². The molecule has 10 heteroatoms. The molecule has 6 N–H and O–H groups in total. The second-order valence-electron chi connectivity index (χ2n) is 6.97. The fraction of sp³-hybridized carbons (Fsp3) is 0.476. The SMILES string of the molecule is CC1CCNC1=O.CCN(CCNC)C(=O)/C(C#N)=C/c1cc(O)c(O)c([NH2+]OC)c1.